The van der Waals surface area contributed by atoms with Crippen molar-refractivity contribution in [1.29, 1.82) is 0 Å². The lowest BCUT2D eigenvalue weighted by Crippen LogP contribution is -2.13. The number of rotatable bonds is 3. The van der Waals surface area contributed by atoms with Gasteiger partial charge in [-0.2, -0.15) is 9.98 Å². The van der Waals surface area contributed by atoms with Gasteiger partial charge >= 0.3 is 0 Å². The Morgan fingerprint density at radius 1 is 1.19 bits per heavy atom. The first-order valence-corrected chi connectivity index (χ1v) is 4.79. The van der Waals surface area contributed by atoms with Gasteiger partial charge in [-0.15, -0.1) is 0 Å². The van der Waals surface area contributed by atoms with E-state index in [9.17, 15) is 9.59 Å². The third-order valence-corrected chi connectivity index (χ3v) is 2.30. The molecule has 0 spiro atoms. The van der Waals surface area contributed by atoms with Gasteiger partial charge in [-0.3, -0.25) is 0 Å². The molecule has 0 saturated heterocycles. The highest BCUT2D eigenvalue weighted by molar-refractivity contribution is 5.57. The Balaban J connectivity index is 3.43. The van der Waals surface area contributed by atoms with E-state index in [-0.39, 0.29) is 0 Å². The van der Waals surface area contributed by atoms with Crippen LogP contribution < -0.4 is 0 Å². The third kappa shape index (κ3) is 2.51. The maximum absolute atomic E-state index is 10.3. The Morgan fingerprint density at radius 3 is 2.44 bits per heavy atom. The fourth-order valence-electron chi connectivity index (χ4n) is 1.48. The molecule has 0 atom stereocenters. The molecule has 0 saturated carbocycles. The molecule has 1 rings (SSSR count). The van der Waals surface area contributed by atoms with Crippen molar-refractivity contribution in [2.45, 2.75) is 26.3 Å². The van der Waals surface area contributed by atoms with Crippen LogP contribution in [0, 0.1) is 6.92 Å². The zero-order valence-corrected chi connectivity index (χ0v) is 9.44. The summed E-state index contributed by atoms with van der Waals surface area (Å²) in [5, 5.41) is 0. The van der Waals surface area contributed by atoms with E-state index in [1.807, 2.05) is 13.0 Å². The number of hydrogen-bond acceptors (Lipinski definition) is 4. The number of hydrogen-bond donors (Lipinski definition) is 0. The molecule has 0 amide bonds. The molecule has 0 aliphatic carbocycles. The monoisotopic (exact) mass is 216 g/mol. The van der Waals surface area contributed by atoms with E-state index in [0.29, 0.717) is 11.3 Å². The van der Waals surface area contributed by atoms with Crippen molar-refractivity contribution in [3.05, 3.63) is 29.3 Å². The van der Waals surface area contributed by atoms with Crippen molar-refractivity contribution in [3.63, 3.8) is 0 Å². The Labute approximate surface area is 93.7 Å². The first-order valence-electron chi connectivity index (χ1n) is 4.79. The van der Waals surface area contributed by atoms with Gasteiger partial charge in [0.05, 0.1) is 11.2 Å². The summed E-state index contributed by atoms with van der Waals surface area (Å²) in [7, 11) is 0. The molecule has 82 valence electrons. The molecule has 0 heterocycles. The van der Waals surface area contributed by atoms with E-state index in [1.165, 1.54) is 12.2 Å². The highest BCUT2D eigenvalue weighted by atomic mass is 16.1. The smallest absolute Gasteiger partial charge is 0.211 e. The Hall–Kier alpha value is -2.02. The molecule has 1 aromatic rings. The summed E-state index contributed by atoms with van der Waals surface area (Å²) < 4.78 is 0. The van der Waals surface area contributed by atoms with Crippen LogP contribution in [0.5, 0.6) is 0 Å². The second-order valence-electron chi connectivity index (χ2n) is 3.99. The van der Waals surface area contributed by atoms with Crippen molar-refractivity contribution in [2.75, 3.05) is 0 Å². The van der Waals surface area contributed by atoms with Gasteiger partial charge in [0.2, 0.25) is 12.2 Å². The van der Waals surface area contributed by atoms with Gasteiger partial charge in [0.25, 0.3) is 0 Å². The van der Waals surface area contributed by atoms with Crippen LogP contribution in [-0.4, -0.2) is 12.2 Å². The number of isocyanates is 2. The summed E-state index contributed by atoms with van der Waals surface area (Å²) in [5.74, 6) is 0. The minimum absolute atomic E-state index is 0.485. The number of nitrogens with zero attached hydrogens (tertiary/aromatic N) is 2. The van der Waals surface area contributed by atoms with E-state index in [4.69, 9.17) is 0 Å². The van der Waals surface area contributed by atoms with E-state index in [1.54, 1.807) is 26.0 Å². The Bertz CT molecular complexity index is 494. The fraction of sp³-hybridized carbons (Fsp3) is 0.333. The summed E-state index contributed by atoms with van der Waals surface area (Å²) in [4.78, 5) is 28.0. The maximum atomic E-state index is 10.3. The second kappa shape index (κ2) is 4.67. The molecule has 0 aliphatic heterocycles. The van der Waals surface area contributed by atoms with Crippen LogP contribution in [0.15, 0.2) is 28.2 Å². The molecule has 0 fully saturated rings. The Morgan fingerprint density at radius 2 is 1.88 bits per heavy atom. The summed E-state index contributed by atoms with van der Waals surface area (Å²) in [6, 6.07) is 5.43. The lowest BCUT2D eigenvalue weighted by atomic mass is 9.92. The lowest BCUT2D eigenvalue weighted by Gasteiger charge is -2.19. The quantitative estimate of drug-likeness (QED) is 0.575. The van der Waals surface area contributed by atoms with Crippen LogP contribution in [-0.2, 0) is 15.1 Å². The highest BCUT2D eigenvalue weighted by Gasteiger charge is 2.22. The minimum atomic E-state index is -0.745. The number of aryl methyl sites for hydroxylation is 1. The van der Waals surface area contributed by atoms with Gasteiger partial charge in [-0.05, 0) is 32.4 Å². The summed E-state index contributed by atoms with van der Waals surface area (Å²) in [6.07, 6.45) is 3.03. The molecular weight excluding hydrogens is 204 g/mol. The van der Waals surface area contributed by atoms with Crippen LogP contribution in [0.4, 0.5) is 5.69 Å². The van der Waals surface area contributed by atoms with Crippen molar-refractivity contribution in [3.8, 4) is 0 Å². The van der Waals surface area contributed by atoms with E-state index in [2.05, 4.69) is 9.98 Å². The average Bonchev–Trinajstić information content (AvgIpc) is 2.17. The first kappa shape index (κ1) is 12.1. The Kier molecular flexibility index (Phi) is 3.51. The largest absolute Gasteiger partial charge is 0.240 e. The van der Waals surface area contributed by atoms with Gasteiger partial charge < -0.3 is 0 Å². The van der Waals surface area contributed by atoms with Gasteiger partial charge in [0, 0.05) is 5.56 Å². The fourth-order valence-corrected chi connectivity index (χ4v) is 1.48. The van der Waals surface area contributed by atoms with Gasteiger partial charge in [0.1, 0.15) is 0 Å². The van der Waals surface area contributed by atoms with Crippen molar-refractivity contribution >= 4 is 17.8 Å². The van der Waals surface area contributed by atoms with Crippen LogP contribution in [0.2, 0.25) is 0 Å². The van der Waals surface area contributed by atoms with E-state index >= 15 is 0 Å². The zero-order valence-electron chi connectivity index (χ0n) is 9.44. The zero-order chi connectivity index (χ0) is 12.2. The van der Waals surface area contributed by atoms with Crippen molar-refractivity contribution in [1.82, 2.24) is 0 Å². The SMILES string of the molecule is Cc1ccc(C(C)(C)N=C=O)c(N=C=O)c1. The first-order chi connectivity index (χ1) is 7.51. The summed E-state index contributed by atoms with van der Waals surface area (Å²) in [6.45, 7) is 5.41. The molecule has 0 aromatic heterocycles. The van der Waals surface area contributed by atoms with E-state index in [0.717, 1.165) is 5.56 Å². The number of benzene rings is 1. The van der Waals surface area contributed by atoms with Gasteiger partial charge in [0.15, 0.2) is 0 Å². The third-order valence-electron chi connectivity index (χ3n) is 2.30. The lowest BCUT2D eigenvalue weighted by molar-refractivity contribution is 0.523. The van der Waals surface area contributed by atoms with Crippen molar-refractivity contribution < 1.29 is 9.59 Å². The normalized spacial score (nSPS) is 10.2. The minimum Gasteiger partial charge on any atom is -0.211 e. The predicted octanol–water partition coefficient (Wildman–Crippen LogP) is 2.53. The second-order valence-corrected chi connectivity index (χ2v) is 3.99. The molecule has 0 N–H and O–H groups in total. The van der Waals surface area contributed by atoms with Gasteiger partial charge in [-0.25, -0.2) is 9.59 Å². The van der Waals surface area contributed by atoms with Crippen LogP contribution in [0.1, 0.15) is 25.0 Å². The molecule has 0 radical (unpaired) electrons. The molecular formula is C12H12N2O2. The number of carbonyl (C=O) groups excluding carboxylic acids is 2. The van der Waals surface area contributed by atoms with Crippen LogP contribution in [0.25, 0.3) is 0 Å². The number of aliphatic imine (C=N–C) groups is 2. The van der Waals surface area contributed by atoms with Gasteiger partial charge in [-0.1, -0.05) is 12.1 Å². The molecule has 4 nitrogen and oxygen atoms in total. The average molecular weight is 216 g/mol. The van der Waals surface area contributed by atoms with Crippen LogP contribution >= 0.6 is 0 Å². The molecule has 0 unspecified atom stereocenters. The van der Waals surface area contributed by atoms with E-state index < -0.39 is 5.54 Å². The molecule has 0 bridgehead atoms. The highest BCUT2D eigenvalue weighted by Crippen LogP contribution is 2.33. The summed E-state index contributed by atoms with van der Waals surface area (Å²) in [5.41, 5.74) is 1.41. The molecule has 0 aliphatic rings. The standard InChI is InChI=1S/C12H12N2O2/c1-9-4-5-10(11(6-9)13-7-15)12(2,3)14-8-16/h4-6H,1-3H3. The summed E-state index contributed by atoms with van der Waals surface area (Å²) >= 11 is 0. The van der Waals surface area contributed by atoms with Crippen LogP contribution in [0.3, 0.4) is 0 Å². The maximum Gasteiger partial charge on any atom is 0.240 e. The molecule has 1 aromatic carbocycles. The predicted molar refractivity (Wildman–Crippen MR) is 60.1 cm³/mol. The van der Waals surface area contributed by atoms with Crippen molar-refractivity contribution in [2.24, 2.45) is 9.98 Å². The molecule has 16 heavy (non-hydrogen) atoms. The topological polar surface area (TPSA) is 58.9 Å². The molecule has 4 heteroatoms.